The number of carbonyl (C=O) groups excluding carboxylic acids is 2. The first-order chi connectivity index (χ1) is 13.7. The van der Waals surface area contributed by atoms with Gasteiger partial charge in [0.1, 0.15) is 5.75 Å². The van der Waals surface area contributed by atoms with Crippen molar-refractivity contribution >= 4 is 11.8 Å². The summed E-state index contributed by atoms with van der Waals surface area (Å²) >= 11 is 0. The van der Waals surface area contributed by atoms with E-state index in [0.29, 0.717) is 17.7 Å². The third-order valence-corrected chi connectivity index (χ3v) is 4.22. The van der Waals surface area contributed by atoms with Gasteiger partial charge in [-0.25, -0.2) is 13.2 Å². The summed E-state index contributed by atoms with van der Waals surface area (Å²) in [6.45, 7) is 5.76. The number of benzene rings is 2. The van der Waals surface area contributed by atoms with Gasteiger partial charge in [-0.3, -0.25) is 9.59 Å². The van der Waals surface area contributed by atoms with Crippen LogP contribution in [0.2, 0.25) is 0 Å². The molecule has 29 heavy (non-hydrogen) atoms. The normalized spacial score (nSPS) is 11.8. The molecule has 2 rings (SSSR count). The number of hydrogen-bond donors (Lipinski definition) is 2. The SMILES string of the molecule is CC(Oc1ccc(C(C)C)cc1)C(=O)NCCNC(=O)c1ccc(F)c(F)c1F. The second-order valence-corrected chi connectivity index (χ2v) is 6.75. The second-order valence-electron chi connectivity index (χ2n) is 6.75. The summed E-state index contributed by atoms with van der Waals surface area (Å²) in [6.07, 6.45) is -0.765. The lowest BCUT2D eigenvalue weighted by atomic mass is 10.0. The number of amides is 2. The van der Waals surface area contributed by atoms with Gasteiger partial charge in [0.05, 0.1) is 5.56 Å². The molecule has 2 N–H and O–H groups in total. The molecule has 2 aromatic rings. The zero-order valence-corrected chi connectivity index (χ0v) is 16.4. The Morgan fingerprint density at radius 3 is 2.14 bits per heavy atom. The van der Waals surface area contributed by atoms with Crippen molar-refractivity contribution in [3.63, 3.8) is 0 Å². The van der Waals surface area contributed by atoms with E-state index in [1.165, 1.54) is 0 Å². The first-order valence-corrected chi connectivity index (χ1v) is 9.16. The van der Waals surface area contributed by atoms with Gasteiger partial charge in [-0.2, -0.15) is 0 Å². The summed E-state index contributed by atoms with van der Waals surface area (Å²) in [7, 11) is 0. The maximum atomic E-state index is 13.6. The molecule has 0 heterocycles. The van der Waals surface area contributed by atoms with E-state index in [4.69, 9.17) is 4.74 Å². The molecule has 2 aromatic carbocycles. The molecule has 0 radical (unpaired) electrons. The van der Waals surface area contributed by atoms with E-state index in [1.807, 2.05) is 12.1 Å². The highest BCUT2D eigenvalue weighted by Crippen LogP contribution is 2.19. The molecule has 8 heteroatoms. The van der Waals surface area contributed by atoms with Crippen molar-refractivity contribution in [2.24, 2.45) is 0 Å². The molecule has 2 amide bonds. The third-order valence-electron chi connectivity index (χ3n) is 4.22. The van der Waals surface area contributed by atoms with E-state index >= 15 is 0 Å². The minimum absolute atomic E-state index is 0.0290. The van der Waals surface area contributed by atoms with Gasteiger partial charge in [0, 0.05) is 13.1 Å². The van der Waals surface area contributed by atoms with E-state index < -0.39 is 40.9 Å². The number of carbonyl (C=O) groups is 2. The molecule has 0 spiro atoms. The molecule has 0 saturated carbocycles. The number of ether oxygens (including phenoxy) is 1. The van der Waals surface area contributed by atoms with Gasteiger partial charge in [0.2, 0.25) is 0 Å². The van der Waals surface area contributed by atoms with Crippen molar-refractivity contribution < 1.29 is 27.5 Å². The molecule has 0 bridgehead atoms. The average Bonchev–Trinajstić information content (AvgIpc) is 2.69. The molecule has 156 valence electrons. The van der Waals surface area contributed by atoms with E-state index in [9.17, 15) is 22.8 Å². The fraction of sp³-hybridized carbons (Fsp3) is 0.333. The molecule has 0 aliphatic carbocycles. The highest BCUT2D eigenvalue weighted by atomic mass is 19.2. The molecule has 1 unspecified atom stereocenters. The molecular formula is C21H23F3N2O3. The van der Waals surface area contributed by atoms with Crippen molar-refractivity contribution in [3.8, 4) is 5.75 Å². The number of rotatable bonds is 8. The Morgan fingerprint density at radius 1 is 0.897 bits per heavy atom. The van der Waals surface area contributed by atoms with Crippen LogP contribution in [0.25, 0.3) is 0 Å². The Morgan fingerprint density at radius 2 is 1.52 bits per heavy atom. The second kappa shape index (κ2) is 9.95. The lowest BCUT2D eigenvalue weighted by molar-refractivity contribution is -0.127. The van der Waals surface area contributed by atoms with E-state index in [0.717, 1.165) is 11.6 Å². The first-order valence-electron chi connectivity index (χ1n) is 9.16. The fourth-order valence-corrected chi connectivity index (χ4v) is 2.49. The van der Waals surface area contributed by atoms with Gasteiger partial charge in [0.15, 0.2) is 23.6 Å². The van der Waals surface area contributed by atoms with Crippen LogP contribution in [0.4, 0.5) is 13.2 Å². The van der Waals surface area contributed by atoms with Gasteiger partial charge >= 0.3 is 0 Å². The predicted molar refractivity (Wildman–Crippen MR) is 102 cm³/mol. The zero-order chi connectivity index (χ0) is 21.6. The van der Waals surface area contributed by atoms with E-state index in [1.54, 1.807) is 19.1 Å². The first kappa shape index (κ1) is 22.3. The molecule has 0 aliphatic rings. The largest absolute Gasteiger partial charge is 0.481 e. The quantitative estimate of drug-likeness (QED) is 0.519. The summed E-state index contributed by atoms with van der Waals surface area (Å²) < 4.78 is 45.2. The van der Waals surface area contributed by atoms with Crippen LogP contribution in [-0.4, -0.2) is 31.0 Å². The molecule has 0 aliphatic heterocycles. The summed E-state index contributed by atoms with van der Waals surface area (Å²) in [5, 5.41) is 4.89. The Hall–Kier alpha value is -3.03. The van der Waals surface area contributed by atoms with E-state index in [-0.39, 0.29) is 13.1 Å². The van der Waals surface area contributed by atoms with Crippen LogP contribution in [0.1, 0.15) is 42.6 Å². The minimum Gasteiger partial charge on any atom is -0.481 e. The van der Waals surface area contributed by atoms with Crippen LogP contribution in [0.3, 0.4) is 0 Å². The van der Waals surface area contributed by atoms with Gasteiger partial charge in [-0.1, -0.05) is 26.0 Å². The van der Waals surface area contributed by atoms with Gasteiger partial charge in [0.25, 0.3) is 11.8 Å². The van der Waals surface area contributed by atoms with E-state index in [2.05, 4.69) is 24.5 Å². The molecule has 0 fully saturated rings. The minimum atomic E-state index is -1.71. The van der Waals surface area contributed by atoms with Gasteiger partial charge in [-0.15, -0.1) is 0 Å². The Bertz CT molecular complexity index is 870. The van der Waals surface area contributed by atoms with Crippen molar-refractivity contribution in [1.29, 1.82) is 0 Å². The fourth-order valence-electron chi connectivity index (χ4n) is 2.49. The maximum absolute atomic E-state index is 13.6. The van der Waals surface area contributed by atoms with Gasteiger partial charge in [-0.05, 0) is 42.7 Å². The highest BCUT2D eigenvalue weighted by Gasteiger charge is 2.19. The smallest absolute Gasteiger partial charge is 0.260 e. The average molecular weight is 408 g/mol. The van der Waals surface area contributed by atoms with Crippen LogP contribution in [0.5, 0.6) is 5.75 Å². The van der Waals surface area contributed by atoms with Crippen molar-refractivity contribution in [1.82, 2.24) is 10.6 Å². The van der Waals surface area contributed by atoms with Crippen LogP contribution in [-0.2, 0) is 4.79 Å². The van der Waals surface area contributed by atoms with Crippen LogP contribution < -0.4 is 15.4 Å². The standard InChI is InChI=1S/C21H23F3N2O3/c1-12(2)14-4-6-15(7-5-14)29-13(3)20(27)25-10-11-26-21(28)16-8-9-17(22)19(24)18(16)23/h4-9,12-13H,10-11H2,1-3H3,(H,25,27)(H,26,28). The molecule has 1 atom stereocenters. The lowest BCUT2D eigenvalue weighted by Crippen LogP contribution is -2.40. The maximum Gasteiger partial charge on any atom is 0.260 e. The predicted octanol–water partition coefficient (Wildman–Crippen LogP) is 3.54. The number of hydrogen-bond acceptors (Lipinski definition) is 3. The summed E-state index contributed by atoms with van der Waals surface area (Å²) in [5.74, 6) is -5.01. The van der Waals surface area contributed by atoms with Gasteiger partial charge < -0.3 is 15.4 Å². The van der Waals surface area contributed by atoms with Crippen molar-refractivity contribution in [2.75, 3.05) is 13.1 Å². The lowest BCUT2D eigenvalue weighted by Gasteiger charge is -2.15. The summed E-state index contributed by atoms with van der Waals surface area (Å²) in [4.78, 5) is 23.9. The number of nitrogens with one attached hydrogen (secondary N) is 2. The molecule has 0 aromatic heterocycles. The topological polar surface area (TPSA) is 67.4 Å². The summed E-state index contributed by atoms with van der Waals surface area (Å²) in [5.41, 5.74) is 0.541. The Labute approximate surface area is 167 Å². The summed E-state index contributed by atoms with van der Waals surface area (Å²) in [6, 6.07) is 8.95. The van der Waals surface area contributed by atoms with Crippen molar-refractivity contribution in [2.45, 2.75) is 32.8 Å². The van der Waals surface area contributed by atoms with Crippen molar-refractivity contribution in [3.05, 3.63) is 65.0 Å². The Balaban J connectivity index is 1.77. The molecule has 0 saturated heterocycles. The molecular weight excluding hydrogens is 385 g/mol. The number of halogens is 3. The zero-order valence-electron chi connectivity index (χ0n) is 16.4. The third kappa shape index (κ3) is 5.97. The van der Waals surface area contributed by atoms with Crippen LogP contribution in [0, 0.1) is 17.5 Å². The Kier molecular flexibility index (Phi) is 7.64. The monoisotopic (exact) mass is 408 g/mol. The highest BCUT2D eigenvalue weighted by molar-refractivity contribution is 5.94. The molecule has 5 nitrogen and oxygen atoms in total. The van der Waals surface area contributed by atoms with Crippen LogP contribution in [0.15, 0.2) is 36.4 Å². The van der Waals surface area contributed by atoms with Crippen LogP contribution >= 0.6 is 0 Å².